The van der Waals surface area contributed by atoms with Crippen molar-refractivity contribution in [1.29, 1.82) is 0 Å². The Morgan fingerprint density at radius 2 is 1.59 bits per heavy atom. The van der Waals surface area contributed by atoms with E-state index in [0.29, 0.717) is 11.1 Å². The number of halogens is 1. The molecule has 0 aromatic heterocycles. The Bertz CT molecular complexity index is 1330. The monoisotopic (exact) mass is 479 g/mol. The Hall–Kier alpha value is -3.52. The van der Waals surface area contributed by atoms with Gasteiger partial charge in [-0.2, -0.15) is 8.42 Å². The van der Waals surface area contributed by atoms with Gasteiger partial charge in [0, 0.05) is 17.6 Å². The molecular weight excluding hydrogens is 453 g/mol. The maximum absolute atomic E-state index is 13.8. The second-order valence-electron chi connectivity index (χ2n) is 9.19. The van der Waals surface area contributed by atoms with Crippen molar-refractivity contribution in [2.45, 2.75) is 43.8 Å². The van der Waals surface area contributed by atoms with Crippen LogP contribution in [0.25, 0.3) is 0 Å². The Labute approximate surface area is 199 Å². The van der Waals surface area contributed by atoms with Crippen LogP contribution in [0.4, 0.5) is 4.39 Å². The van der Waals surface area contributed by atoms with Crippen LogP contribution < -0.4 is 5.32 Å². The number of rotatable bonds is 5. The summed E-state index contributed by atoms with van der Waals surface area (Å²) in [6.45, 7) is 5.80. The third-order valence-electron chi connectivity index (χ3n) is 5.32. The topological polar surface area (TPSA) is 78.8 Å². The number of nitrogens with one attached hydrogen (secondary N) is 1. The maximum Gasteiger partial charge on any atom is 0.285 e. The number of hydrogen-bond donors (Lipinski definition) is 1. The molecule has 1 aliphatic heterocycles. The van der Waals surface area contributed by atoms with Crippen molar-refractivity contribution in [3.8, 4) is 0 Å². The molecule has 0 bridgehead atoms. The van der Waals surface area contributed by atoms with Gasteiger partial charge in [0.15, 0.2) is 5.84 Å². The molecule has 0 saturated carbocycles. The average molecular weight is 480 g/mol. The number of nitrogens with zero attached hydrogens (tertiary/aromatic N) is 2. The van der Waals surface area contributed by atoms with Gasteiger partial charge in [-0.15, -0.1) is 4.40 Å². The molecule has 1 amide bonds. The molecule has 3 aromatic carbocycles. The first-order chi connectivity index (χ1) is 16.0. The third kappa shape index (κ3) is 5.02. The van der Waals surface area contributed by atoms with Crippen molar-refractivity contribution in [3.63, 3.8) is 0 Å². The van der Waals surface area contributed by atoms with E-state index in [0.717, 1.165) is 5.56 Å². The van der Waals surface area contributed by atoms with E-state index in [2.05, 4.69) is 9.71 Å². The number of amides is 1. The minimum absolute atomic E-state index is 0.0946. The zero-order valence-electron chi connectivity index (χ0n) is 19.2. The lowest BCUT2D eigenvalue weighted by Gasteiger charge is -2.35. The van der Waals surface area contributed by atoms with Gasteiger partial charge >= 0.3 is 0 Å². The van der Waals surface area contributed by atoms with Crippen molar-refractivity contribution in [3.05, 3.63) is 101 Å². The Balaban J connectivity index is 1.91. The minimum Gasteiger partial charge on any atom is -0.349 e. The van der Waals surface area contributed by atoms with Crippen molar-refractivity contribution < 1.29 is 17.6 Å². The molecule has 0 saturated heterocycles. The van der Waals surface area contributed by atoms with Crippen molar-refractivity contribution in [2.24, 2.45) is 4.40 Å². The highest BCUT2D eigenvalue weighted by Crippen LogP contribution is 2.33. The summed E-state index contributed by atoms with van der Waals surface area (Å²) in [5.74, 6) is -0.600. The van der Waals surface area contributed by atoms with Crippen molar-refractivity contribution in [1.82, 2.24) is 10.2 Å². The number of amidine groups is 1. The maximum atomic E-state index is 13.8. The summed E-state index contributed by atoms with van der Waals surface area (Å²) in [7, 11) is -3.92. The highest BCUT2D eigenvalue weighted by molar-refractivity contribution is 7.90. The minimum atomic E-state index is -3.92. The smallest absolute Gasteiger partial charge is 0.285 e. The predicted molar refractivity (Wildman–Crippen MR) is 129 cm³/mol. The molecule has 0 fully saturated rings. The van der Waals surface area contributed by atoms with E-state index in [1.54, 1.807) is 23.1 Å². The summed E-state index contributed by atoms with van der Waals surface area (Å²) >= 11 is 0. The molecule has 176 valence electrons. The molecule has 0 aliphatic carbocycles. The lowest BCUT2D eigenvalue weighted by atomic mass is 9.99. The number of fused-ring (bicyclic) bond motifs is 1. The highest BCUT2D eigenvalue weighted by atomic mass is 32.2. The van der Waals surface area contributed by atoms with Crippen molar-refractivity contribution >= 4 is 21.8 Å². The van der Waals surface area contributed by atoms with Gasteiger partial charge in [-0.1, -0.05) is 54.6 Å². The van der Waals surface area contributed by atoms with Crippen LogP contribution in [0.1, 0.15) is 43.5 Å². The molecule has 1 N–H and O–H groups in total. The van der Waals surface area contributed by atoms with E-state index in [1.807, 2.05) is 51.1 Å². The molecule has 0 radical (unpaired) electrons. The largest absolute Gasteiger partial charge is 0.349 e. The second-order valence-corrected chi connectivity index (χ2v) is 10.8. The third-order valence-corrected chi connectivity index (χ3v) is 6.65. The van der Waals surface area contributed by atoms with E-state index in [1.165, 1.54) is 30.3 Å². The normalized spacial score (nSPS) is 15.2. The van der Waals surface area contributed by atoms with Gasteiger partial charge in [0.2, 0.25) is 5.91 Å². The zero-order valence-corrected chi connectivity index (χ0v) is 20.0. The van der Waals surface area contributed by atoms with E-state index in [9.17, 15) is 17.6 Å². The lowest BCUT2D eigenvalue weighted by molar-refractivity contribution is -0.127. The van der Waals surface area contributed by atoms with Crippen LogP contribution in [0.2, 0.25) is 0 Å². The fourth-order valence-corrected chi connectivity index (χ4v) is 5.14. The fraction of sp³-hybridized carbons (Fsp3) is 0.231. The van der Waals surface area contributed by atoms with Crippen LogP contribution in [0.3, 0.4) is 0 Å². The molecule has 4 rings (SSSR count). The highest BCUT2D eigenvalue weighted by Gasteiger charge is 2.38. The van der Waals surface area contributed by atoms with Gasteiger partial charge in [0.1, 0.15) is 16.8 Å². The first kappa shape index (κ1) is 23.6. The fourth-order valence-electron chi connectivity index (χ4n) is 3.92. The quantitative estimate of drug-likeness (QED) is 0.587. The molecule has 34 heavy (non-hydrogen) atoms. The molecule has 0 spiro atoms. The van der Waals surface area contributed by atoms with Gasteiger partial charge in [0.25, 0.3) is 10.0 Å². The summed E-state index contributed by atoms with van der Waals surface area (Å²) in [4.78, 5) is 15.4. The number of benzene rings is 3. The van der Waals surface area contributed by atoms with E-state index in [4.69, 9.17) is 0 Å². The first-order valence-electron chi connectivity index (χ1n) is 10.9. The Morgan fingerprint density at radius 1 is 0.971 bits per heavy atom. The molecule has 1 unspecified atom stereocenters. The molecular formula is C26H26FN3O3S. The predicted octanol–water partition coefficient (Wildman–Crippen LogP) is 4.43. The number of carbonyl (C=O) groups excluding carboxylic acids is 1. The number of hydrogen-bond acceptors (Lipinski definition) is 4. The van der Waals surface area contributed by atoms with Crippen LogP contribution in [0.15, 0.2) is 88.2 Å². The first-order valence-corrected chi connectivity index (χ1v) is 12.3. The SMILES string of the molecule is CC(C)(C)NC(=O)C(c1ccc(F)cc1)N(Cc1ccccc1)C1=NS(=O)(=O)c2ccccc21. The summed E-state index contributed by atoms with van der Waals surface area (Å²) in [6.07, 6.45) is 0. The summed E-state index contributed by atoms with van der Waals surface area (Å²) in [5.41, 5.74) is 1.26. The zero-order chi connectivity index (χ0) is 24.5. The molecule has 1 heterocycles. The van der Waals surface area contributed by atoms with Crippen LogP contribution in [-0.2, 0) is 21.4 Å². The van der Waals surface area contributed by atoms with Gasteiger partial charge in [-0.3, -0.25) is 4.79 Å². The molecule has 6 nitrogen and oxygen atoms in total. The second kappa shape index (κ2) is 9.02. The van der Waals surface area contributed by atoms with Crippen LogP contribution >= 0.6 is 0 Å². The summed E-state index contributed by atoms with van der Waals surface area (Å²) in [5, 5.41) is 2.99. The van der Waals surface area contributed by atoms with E-state index in [-0.39, 0.29) is 23.2 Å². The van der Waals surface area contributed by atoms with Crippen LogP contribution in [0, 0.1) is 5.82 Å². The van der Waals surface area contributed by atoms with E-state index >= 15 is 0 Å². The molecule has 3 aromatic rings. The van der Waals surface area contributed by atoms with E-state index < -0.39 is 27.4 Å². The molecule has 1 atom stereocenters. The summed E-state index contributed by atoms with van der Waals surface area (Å²) < 4.78 is 43.6. The number of carbonyl (C=O) groups is 1. The van der Waals surface area contributed by atoms with Gasteiger partial charge < -0.3 is 10.2 Å². The Morgan fingerprint density at radius 3 is 2.24 bits per heavy atom. The number of sulfonamides is 1. The average Bonchev–Trinajstić information content (AvgIpc) is 3.05. The molecule has 8 heteroatoms. The molecule has 1 aliphatic rings. The van der Waals surface area contributed by atoms with Crippen LogP contribution in [-0.4, -0.2) is 30.6 Å². The van der Waals surface area contributed by atoms with Gasteiger partial charge in [-0.05, 0) is 56.2 Å². The Kier molecular flexibility index (Phi) is 6.27. The standard InChI is InChI=1S/C26H26FN3O3S/c1-26(2,3)28-25(31)23(19-13-15-20(27)16-14-19)30(17-18-9-5-4-6-10-18)24-21-11-7-8-12-22(21)34(32,33)29-24/h4-16,23H,17H2,1-3H3,(H,28,31). The van der Waals surface area contributed by atoms with Gasteiger partial charge in [0.05, 0.1) is 0 Å². The van der Waals surface area contributed by atoms with Crippen molar-refractivity contribution in [2.75, 3.05) is 0 Å². The summed E-state index contributed by atoms with van der Waals surface area (Å²) in [6, 6.07) is 20.7. The van der Waals surface area contributed by atoms with Crippen LogP contribution in [0.5, 0.6) is 0 Å². The van der Waals surface area contributed by atoms with Gasteiger partial charge in [-0.25, -0.2) is 4.39 Å². The lowest BCUT2D eigenvalue weighted by Crippen LogP contribution is -2.49.